The summed E-state index contributed by atoms with van der Waals surface area (Å²) in [5.41, 5.74) is 1.88. The number of carbonyl (C=O) groups is 1. The van der Waals surface area contributed by atoms with Gasteiger partial charge in [0.15, 0.2) is 5.65 Å². The van der Waals surface area contributed by atoms with Crippen LogP contribution in [0.3, 0.4) is 0 Å². The van der Waals surface area contributed by atoms with Crippen LogP contribution in [0.25, 0.3) is 10.3 Å². The van der Waals surface area contributed by atoms with E-state index in [2.05, 4.69) is 14.9 Å². The number of piperidine rings is 1. The lowest BCUT2D eigenvalue weighted by Crippen LogP contribution is -2.37. The number of rotatable bonds is 5. The molecule has 0 saturated carbocycles. The second-order valence-electron chi connectivity index (χ2n) is 6.41. The summed E-state index contributed by atoms with van der Waals surface area (Å²) in [6.45, 7) is 2.48. The van der Waals surface area contributed by atoms with Crippen molar-refractivity contribution in [3.05, 3.63) is 48.2 Å². The van der Waals surface area contributed by atoms with Crippen molar-refractivity contribution in [3.63, 3.8) is 0 Å². The van der Waals surface area contributed by atoms with Crippen LogP contribution in [0, 0.1) is 0 Å². The Kier molecular flexibility index (Phi) is 5.17. The summed E-state index contributed by atoms with van der Waals surface area (Å²) in [5.74, 6) is 0.742. The molecule has 1 N–H and O–H groups in total. The highest BCUT2D eigenvalue weighted by Gasteiger charge is 2.22. The molecule has 0 bridgehead atoms. The van der Waals surface area contributed by atoms with E-state index >= 15 is 0 Å². The number of thiazole rings is 1. The van der Waals surface area contributed by atoms with Crippen LogP contribution in [0.4, 0.5) is 4.79 Å². The maximum Gasteiger partial charge on any atom is 0.506 e. The van der Waals surface area contributed by atoms with Crippen molar-refractivity contribution in [3.8, 4) is 10.9 Å². The topological polar surface area (TPSA) is 84.8 Å². The third-order valence-electron chi connectivity index (χ3n) is 4.48. The quantitative estimate of drug-likeness (QED) is 0.661. The maximum atomic E-state index is 10.6. The average Bonchev–Trinajstić information content (AvgIpc) is 3.07. The molecule has 7 nitrogen and oxygen atoms in total. The fraction of sp³-hybridized carbons (Fsp3) is 0.316. The van der Waals surface area contributed by atoms with Gasteiger partial charge in [0.2, 0.25) is 0 Å². The predicted octanol–water partition coefficient (Wildman–Crippen LogP) is 4.14. The van der Waals surface area contributed by atoms with Crippen LogP contribution in [0.5, 0.6) is 10.9 Å². The van der Waals surface area contributed by atoms with Crippen molar-refractivity contribution in [1.82, 2.24) is 14.9 Å². The van der Waals surface area contributed by atoms with E-state index in [1.165, 1.54) is 16.9 Å². The van der Waals surface area contributed by atoms with Gasteiger partial charge in [-0.25, -0.2) is 9.78 Å². The van der Waals surface area contributed by atoms with Crippen LogP contribution in [0.15, 0.2) is 42.6 Å². The highest BCUT2D eigenvalue weighted by atomic mass is 32.1. The molecule has 3 heterocycles. The van der Waals surface area contributed by atoms with Crippen LogP contribution in [0.1, 0.15) is 18.4 Å². The Balaban J connectivity index is 1.32. The predicted molar refractivity (Wildman–Crippen MR) is 101 cm³/mol. The Morgan fingerprint density at radius 1 is 1.22 bits per heavy atom. The van der Waals surface area contributed by atoms with Gasteiger partial charge in [-0.3, -0.25) is 4.90 Å². The number of nitrogens with zero attached hydrogens (tertiary/aromatic N) is 3. The maximum absolute atomic E-state index is 10.6. The SMILES string of the molecule is O=C(O)OC1CCN(Cc2ccc(Oc3nc4ncccc4s3)cc2)CC1. The molecule has 2 aromatic heterocycles. The second kappa shape index (κ2) is 7.89. The van der Waals surface area contributed by atoms with E-state index in [1.54, 1.807) is 6.20 Å². The van der Waals surface area contributed by atoms with Crippen LogP contribution >= 0.6 is 11.3 Å². The summed E-state index contributed by atoms with van der Waals surface area (Å²) in [6.07, 6.45) is 1.82. The minimum atomic E-state index is -1.19. The van der Waals surface area contributed by atoms with Gasteiger partial charge < -0.3 is 14.6 Å². The second-order valence-corrected chi connectivity index (χ2v) is 7.40. The van der Waals surface area contributed by atoms with Crippen LogP contribution in [-0.4, -0.2) is 45.3 Å². The number of ether oxygens (including phenoxy) is 2. The first kappa shape index (κ1) is 17.7. The summed E-state index contributed by atoms with van der Waals surface area (Å²) < 4.78 is 11.7. The molecule has 140 valence electrons. The summed E-state index contributed by atoms with van der Waals surface area (Å²) >= 11 is 1.47. The zero-order chi connectivity index (χ0) is 18.6. The van der Waals surface area contributed by atoms with Gasteiger partial charge in [0.25, 0.3) is 5.19 Å². The van der Waals surface area contributed by atoms with Crippen molar-refractivity contribution >= 4 is 27.8 Å². The molecule has 4 rings (SSSR count). The number of pyridine rings is 1. The fourth-order valence-corrected chi connectivity index (χ4v) is 3.94. The van der Waals surface area contributed by atoms with Crippen LogP contribution < -0.4 is 4.74 Å². The Morgan fingerprint density at radius 3 is 2.70 bits per heavy atom. The molecule has 0 unspecified atom stereocenters. The molecule has 1 aromatic carbocycles. The van der Waals surface area contributed by atoms with Gasteiger partial charge in [-0.05, 0) is 42.7 Å². The molecule has 1 aliphatic rings. The number of benzene rings is 1. The smallest absolute Gasteiger partial charge is 0.450 e. The molecular formula is C19H19N3O4S. The fourth-order valence-electron chi connectivity index (χ4n) is 3.14. The van der Waals surface area contributed by atoms with Gasteiger partial charge in [0.05, 0.1) is 4.70 Å². The molecular weight excluding hydrogens is 366 g/mol. The molecule has 1 saturated heterocycles. The number of aromatic nitrogens is 2. The molecule has 0 amide bonds. The van der Waals surface area contributed by atoms with Gasteiger partial charge in [-0.15, -0.1) is 0 Å². The average molecular weight is 385 g/mol. The third-order valence-corrected chi connectivity index (χ3v) is 5.37. The summed E-state index contributed by atoms with van der Waals surface area (Å²) in [6, 6.07) is 11.8. The largest absolute Gasteiger partial charge is 0.506 e. The van der Waals surface area contributed by atoms with Gasteiger partial charge in [0.1, 0.15) is 11.9 Å². The zero-order valence-corrected chi connectivity index (χ0v) is 15.4. The molecule has 0 aliphatic carbocycles. The lowest BCUT2D eigenvalue weighted by Gasteiger charge is -2.31. The van der Waals surface area contributed by atoms with E-state index in [0.717, 1.165) is 42.9 Å². The van der Waals surface area contributed by atoms with Crippen molar-refractivity contribution in [2.45, 2.75) is 25.5 Å². The number of carboxylic acid groups (broad SMARTS) is 1. The molecule has 3 aromatic rings. The highest BCUT2D eigenvalue weighted by Crippen LogP contribution is 2.30. The summed E-state index contributed by atoms with van der Waals surface area (Å²) in [7, 11) is 0. The molecule has 0 radical (unpaired) electrons. The Hall–Kier alpha value is -2.71. The molecule has 8 heteroatoms. The van der Waals surface area contributed by atoms with Gasteiger partial charge in [-0.2, -0.15) is 4.98 Å². The highest BCUT2D eigenvalue weighted by molar-refractivity contribution is 7.20. The molecule has 0 spiro atoms. The number of hydrogen-bond acceptors (Lipinski definition) is 7. The normalized spacial score (nSPS) is 15.7. The first-order valence-electron chi connectivity index (χ1n) is 8.76. The van der Waals surface area contributed by atoms with Gasteiger partial charge in [0, 0.05) is 25.8 Å². The summed E-state index contributed by atoms with van der Waals surface area (Å²) in [5, 5.41) is 9.27. The standard InChI is InChI=1S/C19H19N3O4S/c23-19(24)26-15-7-10-22(11-8-15)12-13-3-5-14(6-4-13)25-18-21-17-16(27-18)2-1-9-20-17/h1-6,9,15H,7-8,10-12H2,(H,23,24). The Morgan fingerprint density at radius 2 is 2.00 bits per heavy atom. The Labute approximate surface area is 160 Å². The molecule has 27 heavy (non-hydrogen) atoms. The van der Waals surface area contributed by atoms with Crippen LogP contribution in [0.2, 0.25) is 0 Å². The van der Waals surface area contributed by atoms with Crippen molar-refractivity contribution in [2.75, 3.05) is 13.1 Å². The first-order chi connectivity index (χ1) is 13.2. The van der Waals surface area contributed by atoms with E-state index in [-0.39, 0.29) is 6.10 Å². The lowest BCUT2D eigenvalue weighted by molar-refractivity contribution is 0.0185. The number of likely N-dealkylation sites (tertiary alicyclic amines) is 1. The van der Waals surface area contributed by atoms with Crippen molar-refractivity contribution in [2.24, 2.45) is 0 Å². The minimum Gasteiger partial charge on any atom is -0.450 e. The van der Waals surface area contributed by atoms with Crippen molar-refractivity contribution in [1.29, 1.82) is 0 Å². The lowest BCUT2D eigenvalue weighted by atomic mass is 10.1. The summed E-state index contributed by atoms with van der Waals surface area (Å²) in [4.78, 5) is 21.5. The zero-order valence-electron chi connectivity index (χ0n) is 14.6. The Bertz CT molecular complexity index is 887. The molecule has 0 atom stereocenters. The van der Waals surface area contributed by atoms with Gasteiger partial charge in [-0.1, -0.05) is 23.5 Å². The minimum absolute atomic E-state index is 0.183. The molecule has 1 aliphatic heterocycles. The third kappa shape index (κ3) is 4.53. The van der Waals surface area contributed by atoms with E-state index in [0.29, 0.717) is 10.8 Å². The van der Waals surface area contributed by atoms with Crippen molar-refractivity contribution < 1.29 is 19.4 Å². The van der Waals surface area contributed by atoms with Crippen LogP contribution in [-0.2, 0) is 11.3 Å². The number of fused-ring (bicyclic) bond motifs is 1. The number of hydrogen-bond donors (Lipinski definition) is 1. The van der Waals surface area contributed by atoms with E-state index < -0.39 is 6.16 Å². The van der Waals surface area contributed by atoms with Gasteiger partial charge >= 0.3 is 6.16 Å². The molecule has 1 fully saturated rings. The van der Waals surface area contributed by atoms with E-state index in [1.807, 2.05) is 36.4 Å². The van der Waals surface area contributed by atoms with E-state index in [9.17, 15) is 4.79 Å². The first-order valence-corrected chi connectivity index (χ1v) is 9.58. The monoisotopic (exact) mass is 385 g/mol. The van der Waals surface area contributed by atoms with E-state index in [4.69, 9.17) is 14.6 Å².